The molecule has 7 heteroatoms. The molecule has 0 saturated carbocycles. The predicted octanol–water partition coefficient (Wildman–Crippen LogP) is -0.301. The quantitative estimate of drug-likeness (QED) is 0.258. The van der Waals surface area contributed by atoms with E-state index in [0.717, 1.165) is 0 Å². The van der Waals surface area contributed by atoms with E-state index in [1.165, 1.54) is 12.2 Å². The number of carbonyl (C=O) groups is 1. The van der Waals surface area contributed by atoms with Crippen LogP contribution in [0, 0.1) is 0 Å². The fourth-order valence-corrected chi connectivity index (χ4v) is 1.13. The van der Waals surface area contributed by atoms with Gasteiger partial charge in [0.25, 0.3) is 0 Å². The van der Waals surface area contributed by atoms with Crippen LogP contribution < -0.4 is 5.73 Å². The van der Waals surface area contributed by atoms with Crippen LogP contribution >= 0.6 is 0 Å². The molecule has 0 bridgehead atoms. The molecule has 0 spiro atoms. The largest absolute Gasteiger partial charge is 0.463 e. The van der Waals surface area contributed by atoms with E-state index in [9.17, 15) is 14.4 Å². The van der Waals surface area contributed by atoms with Gasteiger partial charge in [-0.25, -0.2) is 19.4 Å². The summed E-state index contributed by atoms with van der Waals surface area (Å²) in [5, 5.41) is 0. The van der Waals surface area contributed by atoms with E-state index in [1.807, 2.05) is 0 Å². The minimum absolute atomic E-state index is 0.0964. The van der Waals surface area contributed by atoms with Crippen LogP contribution in [0.25, 0.3) is 0 Å². The molecule has 0 amide bonds. The number of isocyanates is 2. The van der Waals surface area contributed by atoms with Crippen LogP contribution in [-0.2, 0) is 19.1 Å². The van der Waals surface area contributed by atoms with Crippen LogP contribution in [0.1, 0.15) is 19.3 Å². The summed E-state index contributed by atoms with van der Waals surface area (Å²) in [5.74, 6) is -0.585. The molecule has 1 atom stereocenters. The number of carbonyl (C=O) groups excluding carboxylic acids is 3. The normalized spacial score (nSPS) is 10.9. The summed E-state index contributed by atoms with van der Waals surface area (Å²) in [5.41, 5.74) is 5.17. The first-order valence-corrected chi connectivity index (χ1v) is 5.23. The zero-order valence-corrected chi connectivity index (χ0v) is 9.42. The number of hydrogen-bond donors (Lipinski definition) is 1. The van der Waals surface area contributed by atoms with E-state index in [4.69, 9.17) is 10.5 Å². The Morgan fingerprint density at radius 2 is 2.06 bits per heavy atom. The van der Waals surface area contributed by atoms with E-state index in [-0.39, 0.29) is 13.2 Å². The number of esters is 1. The first-order chi connectivity index (χ1) is 8.26. The van der Waals surface area contributed by atoms with Gasteiger partial charge in [-0.1, -0.05) is 0 Å². The van der Waals surface area contributed by atoms with Gasteiger partial charge < -0.3 is 10.5 Å². The van der Waals surface area contributed by atoms with Gasteiger partial charge in [0.05, 0.1) is 6.54 Å². The Hall–Kier alpha value is -1.81. The van der Waals surface area contributed by atoms with Crippen LogP contribution in [0.2, 0.25) is 0 Å². The maximum absolute atomic E-state index is 11.4. The van der Waals surface area contributed by atoms with E-state index >= 15 is 0 Å². The van der Waals surface area contributed by atoms with Gasteiger partial charge in [0.1, 0.15) is 6.61 Å². The standard InChI is InChI=1S/C10H15N3O4/c11-4-6-17-10(16)9(13-8-15)3-1-2-5-12-7-14/h9H,1-6,11H2. The molecule has 0 aliphatic heterocycles. The zero-order valence-electron chi connectivity index (χ0n) is 9.42. The van der Waals surface area contributed by atoms with Crippen LogP contribution in [-0.4, -0.2) is 43.9 Å². The smallest absolute Gasteiger partial charge is 0.331 e. The van der Waals surface area contributed by atoms with Crippen molar-refractivity contribution in [3.8, 4) is 0 Å². The minimum Gasteiger partial charge on any atom is -0.463 e. The summed E-state index contributed by atoms with van der Waals surface area (Å²) >= 11 is 0. The maximum Gasteiger partial charge on any atom is 0.331 e. The van der Waals surface area contributed by atoms with Gasteiger partial charge in [-0.15, -0.1) is 0 Å². The summed E-state index contributed by atoms with van der Waals surface area (Å²) < 4.78 is 4.76. The van der Waals surface area contributed by atoms with Gasteiger partial charge in [0.2, 0.25) is 12.2 Å². The lowest BCUT2D eigenvalue weighted by Gasteiger charge is -2.09. The molecule has 0 aromatic heterocycles. The number of rotatable bonds is 9. The van der Waals surface area contributed by atoms with Crippen molar-refractivity contribution in [2.45, 2.75) is 25.3 Å². The lowest BCUT2D eigenvalue weighted by Crippen LogP contribution is -2.24. The van der Waals surface area contributed by atoms with Crippen LogP contribution in [0.5, 0.6) is 0 Å². The summed E-state index contributed by atoms with van der Waals surface area (Å²) in [6.07, 6.45) is 4.32. The van der Waals surface area contributed by atoms with Gasteiger partial charge in [0, 0.05) is 6.54 Å². The molecule has 0 aliphatic carbocycles. The third kappa shape index (κ3) is 8.04. The minimum atomic E-state index is -0.848. The van der Waals surface area contributed by atoms with E-state index < -0.39 is 12.0 Å². The Kier molecular flexibility index (Phi) is 9.56. The van der Waals surface area contributed by atoms with Crippen molar-refractivity contribution in [3.05, 3.63) is 0 Å². The van der Waals surface area contributed by atoms with Gasteiger partial charge in [-0.3, -0.25) is 0 Å². The molecule has 7 nitrogen and oxygen atoms in total. The third-order valence-electron chi connectivity index (χ3n) is 1.90. The summed E-state index contributed by atoms with van der Waals surface area (Å²) in [6, 6.07) is -0.848. The second-order valence-electron chi connectivity index (χ2n) is 3.16. The van der Waals surface area contributed by atoms with Gasteiger partial charge in [0.15, 0.2) is 6.04 Å². The van der Waals surface area contributed by atoms with Gasteiger partial charge >= 0.3 is 5.97 Å². The van der Waals surface area contributed by atoms with Crippen LogP contribution in [0.15, 0.2) is 9.98 Å². The number of nitrogens with zero attached hydrogens (tertiary/aromatic N) is 2. The number of unbranched alkanes of at least 4 members (excludes halogenated alkanes) is 1. The fourth-order valence-electron chi connectivity index (χ4n) is 1.13. The van der Waals surface area contributed by atoms with Crippen molar-refractivity contribution in [2.75, 3.05) is 19.7 Å². The monoisotopic (exact) mass is 241 g/mol. The first-order valence-electron chi connectivity index (χ1n) is 5.23. The summed E-state index contributed by atoms with van der Waals surface area (Å²) in [6.45, 7) is 0.662. The molecule has 0 fully saturated rings. The molecule has 0 heterocycles. The lowest BCUT2D eigenvalue weighted by atomic mass is 10.1. The molecule has 0 rings (SSSR count). The molecular weight excluding hydrogens is 226 g/mol. The zero-order chi connectivity index (χ0) is 12.9. The summed E-state index contributed by atoms with van der Waals surface area (Å²) in [7, 11) is 0. The lowest BCUT2D eigenvalue weighted by molar-refractivity contribution is -0.145. The highest BCUT2D eigenvalue weighted by Gasteiger charge is 2.18. The molecule has 0 aliphatic rings. The molecule has 0 aromatic carbocycles. The molecule has 2 N–H and O–H groups in total. The molecule has 0 aromatic rings. The Balaban J connectivity index is 4.01. The molecule has 0 radical (unpaired) electrons. The highest BCUT2D eigenvalue weighted by atomic mass is 16.5. The number of hydrogen-bond acceptors (Lipinski definition) is 7. The van der Waals surface area contributed by atoms with Gasteiger partial charge in [-0.2, -0.15) is 4.99 Å². The van der Waals surface area contributed by atoms with Crippen molar-refractivity contribution in [2.24, 2.45) is 15.7 Å². The van der Waals surface area contributed by atoms with E-state index in [1.54, 1.807) is 0 Å². The Labute approximate surface area is 98.8 Å². The highest BCUT2D eigenvalue weighted by Crippen LogP contribution is 2.06. The fraction of sp³-hybridized carbons (Fsp3) is 0.700. The third-order valence-corrected chi connectivity index (χ3v) is 1.90. The molecule has 94 valence electrons. The number of ether oxygens (including phenoxy) is 1. The predicted molar refractivity (Wildman–Crippen MR) is 58.8 cm³/mol. The average molecular weight is 241 g/mol. The van der Waals surface area contributed by atoms with Crippen LogP contribution in [0.4, 0.5) is 0 Å². The number of aliphatic imine (C=N–C) groups is 2. The molecule has 0 saturated heterocycles. The first kappa shape index (κ1) is 15.2. The Morgan fingerprint density at radius 3 is 2.65 bits per heavy atom. The van der Waals surface area contributed by atoms with Crippen LogP contribution in [0.3, 0.4) is 0 Å². The van der Waals surface area contributed by atoms with Gasteiger partial charge in [-0.05, 0) is 19.3 Å². The van der Waals surface area contributed by atoms with Crippen molar-refractivity contribution >= 4 is 18.1 Å². The average Bonchev–Trinajstić information content (AvgIpc) is 2.34. The van der Waals surface area contributed by atoms with E-state index in [2.05, 4.69) is 9.98 Å². The molecular formula is C10H15N3O4. The highest BCUT2D eigenvalue weighted by molar-refractivity contribution is 5.76. The maximum atomic E-state index is 11.4. The topological polar surface area (TPSA) is 111 Å². The Morgan fingerprint density at radius 1 is 1.29 bits per heavy atom. The van der Waals surface area contributed by atoms with E-state index in [0.29, 0.717) is 25.8 Å². The SMILES string of the molecule is NCCOC(=O)C(CCCCN=C=O)N=C=O. The molecule has 17 heavy (non-hydrogen) atoms. The van der Waals surface area contributed by atoms with Crippen molar-refractivity contribution < 1.29 is 19.1 Å². The molecule has 1 unspecified atom stereocenters. The summed E-state index contributed by atoms with van der Waals surface area (Å²) in [4.78, 5) is 38.0. The van der Waals surface area contributed by atoms with Crippen molar-refractivity contribution in [1.82, 2.24) is 0 Å². The van der Waals surface area contributed by atoms with Crippen molar-refractivity contribution in [1.29, 1.82) is 0 Å². The number of nitrogens with two attached hydrogens (primary N) is 1. The second kappa shape index (κ2) is 10.7. The van der Waals surface area contributed by atoms with Crippen molar-refractivity contribution in [3.63, 3.8) is 0 Å². The second-order valence-corrected chi connectivity index (χ2v) is 3.16. The Bertz CT molecular complexity index is 320.